The first-order chi connectivity index (χ1) is 11.5. The molecule has 1 aliphatic heterocycles. The number of nitrogens with one attached hydrogen (secondary N) is 2. The Morgan fingerprint density at radius 2 is 1.67 bits per heavy atom. The van der Waals surface area contributed by atoms with E-state index in [-0.39, 0.29) is 23.9 Å². The molecule has 0 radical (unpaired) electrons. The van der Waals surface area contributed by atoms with Gasteiger partial charge in [0.1, 0.15) is 0 Å². The summed E-state index contributed by atoms with van der Waals surface area (Å²) in [7, 11) is 0. The molecule has 2 N–H and O–H groups in total. The minimum Gasteiger partial charge on any atom is -0.359 e. The minimum absolute atomic E-state index is 0.000276. The van der Waals surface area contributed by atoms with Gasteiger partial charge in [-0.15, -0.1) is 12.3 Å². The van der Waals surface area contributed by atoms with Crippen molar-refractivity contribution < 1.29 is 19.2 Å². The molecule has 7 heteroatoms. The van der Waals surface area contributed by atoms with Crippen molar-refractivity contribution in [2.24, 2.45) is 0 Å². The first-order valence-electron chi connectivity index (χ1n) is 7.84. The number of carbonyl (C=O) groups is 4. The van der Waals surface area contributed by atoms with E-state index in [1.807, 2.05) is 6.92 Å². The molecule has 4 amide bonds. The van der Waals surface area contributed by atoms with Crippen molar-refractivity contribution in [1.29, 1.82) is 0 Å². The van der Waals surface area contributed by atoms with Gasteiger partial charge in [-0.25, -0.2) is 0 Å². The maximum Gasteiger partial charge on any atom is 0.253 e. The molecule has 0 aromatic carbocycles. The van der Waals surface area contributed by atoms with E-state index in [4.69, 9.17) is 0 Å². The highest BCUT2D eigenvalue weighted by atomic mass is 16.2. The summed E-state index contributed by atoms with van der Waals surface area (Å²) >= 11 is 0. The van der Waals surface area contributed by atoms with Crippen LogP contribution < -0.4 is 10.6 Å². The van der Waals surface area contributed by atoms with Crippen LogP contribution in [-0.4, -0.2) is 48.2 Å². The summed E-state index contributed by atoms with van der Waals surface area (Å²) in [4.78, 5) is 43.8. The Hall–Kier alpha value is -2.62. The number of amides is 4. The van der Waals surface area contributed by atoms with Gasteiger partial charge >= 0.3 is 0 Å². The predicted molar refractivity (Wildman–Crippen MR) is 90.5 cm³/mol. The average molecular weight is 335 g/mol. The summed E-state index contributed by atoms with van der Waals surface area (Å²) in [6, 6.07) is 0.189. The van der Waals surface area contributed by atoms with E-state index < -0.39 is 0 Å². The molecule has 24 heavy (non-hydrogen) atoms. The molecule has 132 valence electrons. The van der Waals surface area contributed by atoms with E-state index >= 15 is 0 Å². The van der Waals surface area contributed by atoms with E-state index in [9.17, 15) is 19.2 Å². The Morgan fingerprint density at radius 1 is 1.17 bits per heavy atom. The van der Waals surface area contributed by atoms with Gasteiger partial charge in [0.25, 0.3) is 11.8 Å². The lowest BCUT2D eigenvalue weighted by Gasteiger charge is -2.33. The maximum absolute atomic E-state index is 11.4. The number of imide groups is 1. The molecule has 2 aliphatic rings. The molecule has 0 bridgehead atoms. The average Bonchev–Trinajstić information content (AvgIpc) is 2.90. The van der Waals surface area contributed by atoms with Crippen LogP contribution in [0.15, 0.2) is 12.2 Å². The van der Waals surface area contributed by atoms with E-state index in [1.165, 1.54) is 17.1 Å². The molecule has 1 fully saturated rings. The molecule has 2 rings (SSSR count). The van der Waals surface area contributed by atoms with Gasteiger partial charge < -0.3 is 10.6 Å². The first kappa shape index (κ1) is 21.4. The van der Waals surface area contributed by atoms with Crippen LogP contribution in [-0.2, 0) is 19.2 Å². The van der Waals surface area contributed by atoms with Crippen LogP contribution in [0.2, 0.25) is 0 Å². The zero-order chi connectivity index (χ0) is 18.4. The molecule has 1 aliphatic carbocycles. The standard InChI is InChI=1S/C11H14N2O3.C3H7NO.C3H4/c14-7-12-8-1-3-9(4-2-8)13-10(15)5-6-11(13)16;1-2-4-3-5;1-3-2/h5-9H,1-4H2,(H,12,14);3H,2H2,1H3,(H,4,5);1H,2H3. The van der Waals surface area contributed by atoms with E-state index in [0.29, 0.717) is 12.8 Å². The van der Waals surface area contributed by atoms with Gasteiger partial charge in [0.15, 0.2) is 0 Å². The van der Waals surface area contributed by atoms with Crippen LogP contribution in [0, 0.1) is 12.3 Å². The van der Waals surface area contributed by atoms with Crippen LogP contribution in [0.25, 0.3) is 0 Å². The molecule has 7 nitrogen and oxygen atoms in total. The van der Waals surface area contributed by atoms with Crippen LogP contribution in [0.3, 0.4) is 0 Å². The molecular weight excluding hydrogens is 310 g/mol. The number of rotatable bonds is 5. The van der Waals surface area contributed by atoms with Crippen LogP contribution >= 0.6 is 0 Å². The summed E-state index contributed by atoms with van der Waals surface area (Å²) in [5.74, 6) is 1.83. The van der Waals surface area contributed by atoms with Gasteiger partial charge in [-0.3, -0.25) is 24.1 Å². The Labute approximate surface area is 142 Å². The lowest BCUT2D eigenvalue weighted by molar-refractivity contribution is -0.140. The normalized spacial score (nSPS) is 21.5. The fourth-order valence-corrected chi connectivity index (χ4v) is 2.45. The Kier molecular flexibility index (Phi) is 11.5. The Morgan fingerprint density at radius 3 is 2.00 bits per heavy atom. The molecule has 0 atom stereocenters. The monoisotopic (exact) mass is 335 g/mol. The van der Waals surface area contributed by atoms with Crippen LogP contribution in [0.5, 0.6) is 0 Å². The van der Waals surface area contributed by atoms with Gasteiger partial charge in [0, 0.05) is 30.8 Å². The van der Waals surface area contributed by atoms with Crippen molar-refractivity contribution in [3.63, 3.8) is 0 Å². The second-order valence-corrected chi connectivity index (χ2v) is 5.13. The predicted octanol–water partition coefficient (Wildman–Crippen LogP) is 0.360. The lowest BCUT2D eigenvalue weighted by atomic mass is 9.90. The van der Waals surface area contributed by atoms with Gasteiger partial charge in [-0.1, -0.05) is 0 Å². The van der Waals surface area contributed by atoms with E-state index in [1.54, 1.807) is 6.92 Å². The van der Waals surface area contributed by atoms with Crippen molar-refractivity contribution in [1.82, 2.24) is 15.5 Å². The number of carbonyl (C=O) groups excluding carboxylic acids is 4. The van der Waals surface area contributed by atoms with E-state index in [0.717, 1.165) is 32.2 Å². The van der Waals surface area contributed by atoms with E-state index in [2.05, 4.69) is 23.0 Å². The van der Waals surface area contributed by atoms with Gasteiger partial charge in [0.05, 0.1) is 0 Å². The summed E-state index contributed by atoms with van der Waals surface area (Å²) in [5, 5.41) is 5.16. The highest BCUT2D eigenvalue weighted by Crippen LogP contribution is 2.25. The van der Waals surface area contributed by atoms with Crippen molar-refractivity contribution in [2.45, 2.75) is 51.6 Å². The topological polar surface area (TPSA) is 95.6 Å². The zero-order valence-electron chi connectivity index (χ0n) is 14.2. The number of nitrogens with zero attached hydrogens (tertiary/aromatic N) is 1. The third kappa shape index (κ3) is 7.58. The number of terminal acetylenes is 1. The van der Waals surface area contributed by atoms with Gasteiger partial charge in [0.2, 0.25) is 12.8 Å². The first-order valence-corrected chi connectivity index (χ1v) is 7.84. The molecule has 0 spiro atoms. The number of hydrogen-bond acceptors (Lipinski definition) is 4. The fraction of sp³-hybridized carbons (Fsp3) is 0.529. The molecule has 1 heterocycles. The fourth-order valence-electron chi connectivity index (χ4n) is 2.45. The highest BCUT2D eigenvalue weighted by Gasteiger charge is 2.33. The zero-order valence-corrected chi connectivity index (χ0v) is 14.2. The quantitative estimate of drug-likeness (QED) is 0.431. The SMILES string of the molecule is C#CC.CCNC=O.O=CNC1CCC(N2C(=O)C=CC2=O)CC1. The van der Waals surface area contributed by atoms with Crippen LogP contribution in [0.4, 0.5) is 0 Å². The summed E-state index contributed by atoms with van der Waals surface area (Å²) in [5.41, 5.74) is 0. The summed E-state index contributed by atoms with van der Waals surface area (Å²) in [6.07, 6.45) is 11.8. The third-order valence-corrected chi connectivity index (χ3v) is 3.50. The third-order valence-electron chi connectivity index (χ3n) is 3.50. The van der Waals surface area contributed by atoms with Crippen molar-refractivity contribution >= 4 is 24.6 Å². The summed E-state index contributed by atoms with van der Waals surface area (Å²) in [6.45, 7) is 4.25. The molecule has 1 saturated carbocycles. The van der Waals surface area contributed by atoms with Crippen molar-refractivity contribution in [3.8, 4) is 12.3 Å². The minimum atomic E-state index is -0.211. The molecule has 0 aromatic heterocycles. The largest absolute Gasteiger partial charge is 0.359 e. The van der Waals surface area contributed by atoms with Gasteiger partial charge in [-0.05, 0) is 39.5 Å². The molecule has 0 unspecified atom stereocenters. The molecular formula is C17H25N3O4. The number of hydrogen-bond donors (Lipinski definition) is 2. The second-order valence-electron chi connectivity index (χ2n) is 5.13. The van der Waals surface area contributed by atoms with Gasteiger partial charge in [-0.2, -0.15) is 0 Å². The maximum atomic E-state index is 11.4. The van der Waals surface area contributed by atoms with Crippen molar-refractivity contribution in [2.75, 3.05) is 6.54 Å². The second kappa shape index (κ2) is 12.9. The Balaban J connectivity index is 0.000000559. The highest BCUT2D eigenvalue weighted by molar-refractivity contribution is 6.13. The molecule has 0 aromatic rings. The van der Waals surface area contributed by atoms with Crippen LogP contribution in [0.1, 0.15) is 39.5 Å². The van der Waals surface area contributed by atoms with Crippen molar-refractivity contribution in [3.05, 3.63) is 12.2 Å². The lowest BCUT2D eigenvalue weighted by Crippen LogP contribution is -2.44. The smallest absolute Gasteiger partial charge is 0.253 e. The Bertz CT molecular complexity index is 471. The summed E-state index contributed by atoms with van der Waals surface area (Å²) < 4.78 is 0. The molecule has 0 saturated heterocycles.